The number of carbonyl (C=O) groups is 2. The summed E-state index contributed by atoms with van der Waals surface area (Å²) >= 11 is 0. The lowest BCUT2D eigenvalue weighted by atomic mass is 10.00. The Labute approximate surface area is 170 Å². The molecule has 154 valence electrons. The monoisotopic (exact) mass is 397 g/mol. The molecule has 8 heteroatoms. The van der Waals surface area contributed by atoms with Gasteiger partial charge in [-0.05, 0) is 56.9 Å². The number of nitrogens with zero attached hydrogens (tertiary/aromatic N) is 5. The number of piperidine rings is 1. The first-order chi connectivity index (χ1) is 14.1. The van der Waals surface area contributed by atoms with Crippen LogP contribution in [0.5, 0.6) is 0 Å². The average Bonchev–Trinajstić information content (AvgIpc) is 3.18. The molecule has 0 spiro atoms. The van der Waals surface area contributed by atoms with Crippen LogP contribution in [0.1, 0.15) is 41.9 Å². The van der Waals surface area contributed by atoms with Crippen LogP contribution in [0.4, 0.5) is 5.82 Å². The van der Waals surface area contributed by atoms with Crippen molar-refractivity contribution in [3.05, 3.63) is 42.0 Å². The maximum absolute atomic E-state index is 13.3. The first-order valence-corrected chi connectivity index (χ1v) is 10.3. The van der Waals surface area contributed by atoms with Crippen LogP contribution in [0, 0.1) is 6.92 Å². The van der Waals surface area contributed by atoms with Crippen molar-refractivity contribution in [2.24, 2.45) is 0 Å². The van der Waals surface area contributed by atoms with Gasteiger partial charge in [0.1, 0.15) is 6.04 Å². The van der Waals surface area contributed by atoms with E-state index in [2.05, 4.69) is 15.1 Å². The van der Waals surface area contributed by atoms with Crippen LogP contribution in [-0.2, 0) is 4.79 Å². The van der Waals surface area contributed by atoms with Gasteiger partial charge in [0.15, 0.2) is 11.6 Å². The Morgan fingerprint density at radius 2 is 1.90 bits per heavy atom. The topological polar surface area (TPSA) is 82.8 Å². The van der Waals surface area contributed by atoms with E-state index in [1.54, 1.807) is 17.0 Å². The molecule has 1 atom stereocenters. The Morgan fingerprint density at radius 1 is 1.00 bits per heavy atom. The fraction of sp³-hybridized carbons (Fsp3) is 0.524. The molecule has 4 rings (SSSR count). The number of rotatable bonds is 3. The van der Waals surface area contributed by atoms with Crippen LogP contribution in [0.25, 0.3) is 0 Å². The zero-order valence-corrected chi connectivity index (χ0v) is 16.8. The second kappa shape index (κ2) is 8.63. The summed E-state index contributed by atoms with van der Waals surface area (Å²) in [6.07, 6.45) is 4.92. The van der Waals surface area contributed by atoms with Crippen molar-refractivity contribution in [3.63, 3.8) is 0 Å². The molecule has 0 radical (unpaired) electrons. The Kier molecular flexibility index (Phi) is 5.78. The first kappa shape index (κ1) is 19.4. The summed E-state index contributed by atoms with van der Waals surface area (Å²) in [6, 6.07) is 6.88. The van der Waals surface area contributed by atoms with E-state index < -0.39 is 6.04 Å². The molecule has 0 aromatic carbocycles. The van der Waals surface area contributed by atoms with Gasteiger partial charge in [0.25, 0.3) is 5.91 Å². The first-order valence-electron chi connectivity index (χ1n) is 10.3. The highest BCUT2D eigenvalue weighted by atomic mass is 16.3. The van der Waals surface area contributed by atoms with Gasteiger partial charge in [-0.1, -0.05) is 0 Å². The lowest BCUT2D eigenvalue weighted by Crippen LogP contribution is -2.53. The minimum absolute atomic E-state index is 0.0430. The molecule has 0 N–H and O–H groups in total. The molecule has 2 fully saturated rings. The summed E-state index contributed by atoms with van der Waals surface area (Å²) < 4.78 is 5.28. The van der Waals surface area contributed by atoms with Crippen molar-refractivity contribution in [2.45, 2.75) is 38.6 Å². The number of anilines is 1. The maximum Gasteiger partial charge on any atom is 0.290 e. The molecular formula is C21H27N5O3. The highest BCUT2D eigenvalue weighted by molar-refractivity contribution is 5.95. The molecule has 2 aliphatic heterocycles. The van der Waals surface area contributed by atoms with Crippen LogP contribution in [0.15, 0.2) is 34.9 Å². The van der Waals surface area contributed by atoms with Gasteiger partial charge in [0, 0.05) is 32.7 Å². The standard InChI is InChI=1S/C21H27N5O3/c1-16-8-9-19(23-22-16)24-10-5-11-25(14-13-24)20(27)17-6-2-3-12-26(17)21(28)18-7-4-15-29-18/h4,7-9,15,17H,2-3,5-6,10-14H2,1H3. The predicted molar refractivity (Wildman–Crippen MR) is 108 cm³/mol. The van der Waals surface area contributed by atoms with E-state index in [1.165, 1.54) is 6.26 Å². The maximum atomic E-state index is 13.3. The van der Waals surface area contributed by atoms with Gasteiger partial charge in [-0.25, -0.2) is 0 Å². The largest absolute Gasteiger partial charge is 0.459 e. The van der Waals surface area contributed by atoms with Gasteiger partial charge in [-0.2, -0.15) is 5.10 Å². The number of carbonyl (C=O) groups excluding carboxylic acids is 2. The summed E-state index contributed by atoms with van der Waals surface area (Å²) in [5.41, 5.74) is 0.888. The number of hydrogen-bond donors (Lipinski definition) is 0. The van der Waals surface area contributed by atoms with E-state index in [9.17, 15) is 9.59 Å². The number of furan rings is 1. The van der Waals surface area contributed by atoms with E-state index in [-0.39, 0.29) is 11.8 Å². The Balaban J connectivity index is 1.43. The molecule has 4 heterocycles. The molecule has 0 aliphatic carbocycles. The number of amides is 2. The van der Waals surface area contributed by atoms with Crippen LogP contribution in [0.2, 0.25) is 0 Å². The minimum Gasteiger partial charge on any atom is -0.459 e. The number of aryl methyl sites for hydroxylation is 1. The summed E-state index contributed by atoms with van der Waals surface area (Å²) in [6.45, 7) is 5.36. The van der Waals surface area contributed by atoms with Crippen molar-refractivity contribution in [1.29, 1.82) is 0 Å². The highest BCUT2D eigenvalue weighted by Gasteiger charge is 2.36. The number of aromatic nitrogens is 2. The van der Waals surface area contributed by atoms with Crippen LogP contribution in [0.3, 0.4) is 0 Å². The van der Waals surface area contributed by atoms with Crippen LogP contribution >= 0.6 is 0 Å². The van der Waals surface area contributed by atoms with Crippen molar-refractivity contribution in [3.8, 4) is 0 Å². The number of hydrogen-bond acceptors (Lipinski definition) is 6. The van der Waals surface area contributed by atoms with Crippen LogP contribution in [-0.4, -0.2) is 70.6 Å². The van der Waals surface area contributed by atoms with Crippen molar-refractivity contribution in [2.75, 3.05) is 37.6 Å². The van der Waals surface area contributed by atoms with E-state index in [0.29, 0.717) is 38.4 Å². The lowest BCUT2D eigenvalue weighted by molar-refractivity contribution is -0.137. The lowest BCUT2D eigenvalue weighted by Gasteiger charge is -2.37. The van der Waals surface area contributed by atoms with Gasteiger partial charge >= 0.3 is 0 Å². The SMILES string of the molecule is Cc1ccc(N2CCCN(C(=O)C3CCCCN3C(=O)c3ccco3)CC2)nn1. The van der Waals surface area contributed by atoms with Crippen molar-refractivity contribution >= 4 is 17.6 Å². The molecule has 2 saturated heterocycles. The fourth-order valence-electron chi connectivity index (χ4n) is 4.11. The Hall–Kier alpha value is -2.90. The van der Waals surface area contributed by atoms with Gasteiger partial charge in [-0.3, -0.25) is 9.59 Å². The molecule has 2 aliphatic rings. The third kappa shape index (κ3) is 4.26. The summed E-state index contributed by atoms with van der Waals surface area (Å²) in [4.78, 5) is 31.9. The summed E-state index contributed by atoms with van der Waals surface area (Å²) in [7, 11) is 0. The Morgan fingerprint density at radius 3 is 2.66 bits per heavy atom. The quantitative estimate of drug-likeness (QED) is 0.789. The van der Waals surface area contributed by atoms with Crippen molar-refractivity contribution in [1.82, 2.24) is 20.0 Å². The summed E-state index contributed by atoms with van der Waals surface area (Å²) in [5, 5.41) is 8.42. The molecule has 2 aromatic heterocycles. The van der Waals surface area contributed by atoms with Gasteiger partial charge in [-0.15, -0.1) is 5.10 Å². The zero-order valence-electron chi connectivity index (χ0n) is 16.8. The predicted octanol–water partition coefficient (Wildman–Crippen LogP) is 2.11. The van der Waals surface area contributed by atoms with E-state index in [1.807, 2.05) is 24.0 Å². The normalized spacial score (nSPS) is 20.4. The molecular weight excluding hydrogens is 370 g/mol. The third-order valence-corrected chi connectivity index (χ3v) is 5.70. The molecule has 29 heavy (non-hydrogen) atoms. The van der Waals surface area contributed by atoms with E-state index in [4.69, 9.17) is 4.42 Å². The fourth-order valence-corrected chi connectivity index (χ4v) is 4.11. The molecule has 0 saturated carbocycles. The van der Waals surface area contributed by atoms with Crippen LogP contribution < -0.4 is 4.90 Å². The van der Waals surface area contributed by atoms with E-state index >= 15 is 0 Å². The van der Waals surface area contributed by atoms with E-state index in [0.717, 1.165) is 37.3 Å². The third-order valence-electron chi connectivity index (χ3n) is 5.70. The smallest absolute Gasteiger partial charge is 0.290 e. The highest BCUT2D eigenvalue weighted by Crippen LogP contribution is 2.23. The minimum atomic E-state index is -0.410. The molecule has 1 unspecified atom stereocenters. The van der Waals surface area contributed by atoms with Gasteiger partial charge < -0.3 is 19.1 Å². The Bertz CT molecular complexity index is 837. The average molecular weight is 397 g/mol. The zero-order chi connectivity index (χ0) is 20.2. The summed E-state index contributed by atoms with van der Waals surface area (Å²) in [5.74, 6) is 0.989. The molecule has 2 aromatic rings. The molecule has 0 bridgehead atoms. The van der Waals surface area contributed by atoms with Crippen molar-refractivity contribution < 1.29 is 14.0 Å². The van der Waals surface area contributed by atoms with Gasteiger partial charge in [0.05, 0.1) is 12.0 Å². The molecule has 2 amide bonds. The molecule has 8 nitrogen and oxygen atoms in total. The second-order valence-corrected chi connectivity index (χ2v) is 7.69. The van der Waals surface area contributed by atoms with Gasteiger partial charge in [0.2, 0.25) is 5.91 Å². The second-order valence-electron chi connectivity index (χ2n) is 7.69. The number of likely N-dealkylation sites (tertiary alicyclic amines) is 1.